The maximum atomic E-state index is 11.9. The third kappa shape index (κ3) is 2.52. The lowest BCUT2D eigenvalue weighted by atomic mass is 10.3. The SMILES string of the molecule is Cc1cncc(C(=O)N(C)CC2CC2)n1. The maximum absolute atomic E-state index is 11.9. The number of hydrogen-bond acceptors (Lipinski definition) is 3. The molecule has 1 saturated carbocycles. The van der Waals surface area contributed by atoms with Crippen LogP contribution < -0.4 is 0 Å². The fourth-order valence-electron chi connectivity index (χ4n) is 1.53. The molecule has 1 heterocycles. The van der Waals surface area contributed by atoms with E-state index >= 15 is 0 Å². The van der Waals surface area contributed by atoms with Crippen LogP contribution in [0.15, 0.2) is 12.4 Å². The van der Waals surface area contributed by atoms with Crippen molar-refractivity contribution in [1.82, 2.24) is 14.9 Å². The molecule has 0 saturated heterocycles. The fourth-order valence-corrected chi connectivity index (χ4v) is 1.53. The first kappa shape index (κ1) is 10.1. The van der Waals surface area contributed by atoms with Gasteiger partial charge in [0.1, 0.15) is 5.69 Å². The van der Waals surface area contributed by atoms with Gasteiger partial charge in [-0.15, -0.1) is 0 Å². The van der Waals surface area contributed by atoms with Gasteiger partial charge in [-0.3, -0.25) is 9.78 Å². The zero-order valence-electron chi connectivity index (χ0n) is 9.10. The molecule has 4 heteroatoms. The van der Waals surface area contributed by atoms with Gasteiger partial charge in [0.25, 0.3) is 5.91 Å². The van der Waals surface area contributed by atoms with Crippen molar-refractivity contribution in [1.29, 1.82) is 0 Å². The van der Waals surface area contributed by atoms with Crippen molar-refractivity contribution in [3.63, 3.8) is 0 Å². The molecule has 1 aromatic rings. The van der Waals surface area contributed by atoms with Gasteiger partial charge in [-0.25, -0.2) is 4.98 Å². The smallest absolute Gasteiger partial charge is 0.273 e. The van der Waals surface area contributed by atoms with E-state index in [1.54, 1.807) is 11.1 Å². The predicted molar refractivity (Wildman–Crippen MR) is 56.5 cm³/mol. The van der Waals surface area contributed by atoms with Gasteiger partial charge < -0.3 is 4.90 Å². The lowest BCUT2D eigenvalue weighted by Crippen LogP contribution is -2.29. The molecule has 4 nitrogen and oxygen atoms in total. The highest BCUT2D eigenvalue weighted by Gasteiger charge is 2.25. The molecule has 80 valence electrons. The van der Waals surface area contributed by atoms with Crippen molar-refractivity contribution in [3.05, 3.63) is 23.8 Å². The minimum absolute atomic E-state index is 0.0295. The van der Waals surface area contributed by atoms with E-state index in [9.17, 15) is 4.79 Å². The summed E-state index contributed by atoms with van der Waals surface area (Å²) < 4.78 is 0. The minimum Gasteiger partial charge on any atom is -0.340 e. The van der Waals surface area contributed by atoms with E-state index in [2.05, 4.69) is 9.97 Å². The summed E-state index contributed by atoms with van der Waals surface area (Å²) >= 11 is 0. The van der Waals surface area contributed by atoms with Crippen LogP contribution in [0.2, 0.25) is 0 Å². The van der Waals surface area contributed by atoms with Crippen molar-refractivity contribution in [3.8, 4) is 0 Å². The molecule has 2 rings (SSSR count). The summed E-state index contributed by atoms with van der Waals surface area (Å²) in [7, 11) is 1.82. The Morgan fingerprint density at radius 2 is 2.27 bits per heavy atom. The average Bonchev–Trinajstić information content (AvgIpc) is 3.00. The molecular weight excluding hydrogens is 190 g/mol. The Labute approximate surface area is 89.3 Å². The molecule has 15 heavy (non-hydrogen) atoms. The second-order valence-corrected chi connectivity index (χ2v) is 4.17. The number of aromatic nitrogens is 2. The number of aryl methyl sites for hydroxylation is 1. The first-order valence-corrected chi connectivity index (χ1v) is 5.21. The molecule has 0 radical (unpaired) electrons. The number of amides is 1. The summed E-state index contributed by atoms with van der Waals surface area (Å²) in [5.41, 5.74) is 1.22. The molecule has 1 fully saturated rings. The monoisotopic (exact) mass is 205 g/mol. The highest BCUT2D eigenvalue weighted by molar-refractivity contribution is 5.91. The van der Waals surface area contributed by atoms with E-state index in [0.717, 1.165) is 12.2 Å². The lowest BCUT2D eigenvalue weighted by Gasteiger charge is -2.15. The molecule has 0 N–H and O–H groups in total. The van der Waals surface area contributed by atoms with Crippen molar-refractivity contribution in [2.24, 2.45) is 5.92 Å². The van der Waals surface area contributed by atoms with Gasteiger partial charge in [0.15, 0.2) is 0 Å². The Kier molecular flexibility index (Phi) is 2.66. The Morgan fingerprint density at radius 3 is 2.87 bits per heavy atom. The molecule has 0 aromatic carbocycles. The summed E-state index contributed by atoms with van der Waals surface area (Å²) in [6.07, 6.45) is 5.67. The first-order valence-electron chi connectivity index (χ1n) is 5.21. The average molecular weight is 205 g/mol. The van der Waals surface area contributed by atoms with Crippen LogP contribution in [0, 0.1) is 12.8 Å². The summed E-state index contributed by atoms with van der Waals surface area (Å²) in [5, 5.41) is 0. The van der Waals surface area contributed by atoms with Crippen molar-refractivity contribution >= 4 is 5.91 Å². The zero-order valence-corrected chi connectivity index (χ0v) is 9.10. The second-order valence-electron chi connectivity index (χ2n) is 4.17. The van der Waals surface area contributed by atoms with Gasteiger partial charge in [-0.1, -0.05) is 0 Å². The third-order valence-corrected chi connectivity index (χ3v) is 2.55. The topological polar surface area (TPSA) is 46.1 Å². The van der Waals surface area contributed by atoms with Gasteiger partial charge in [-0.2, -0.15) is 0 Å². The van der Waals surface area contributed by atoms with Gasteiger partial charge in [0, 0.05) is 19.8 Å². The number of rotatable bonds is 3. The van der Waals surface area contributed by atoms with Crippen LogP contribution in [0.5, 0.6) is 0 Å². The second kappa shape index (κ2) is 3.96. The summed E-state index contributed by atoms with van der Waals surface area (Å²) in [5.74, 6) is 0.676. The van der Waals surface area contributed by atoms with Gasteiger partial charge in [-0.05, 0) is 25.7 Å². The maximum Gasteiger partial charge on any atom is 0.273 e. The quantitative estimate of drug-likeness (QED) is 0.746. The minimum atomic E-state index is -0.0295. The van der Waals surface area contributed by atoms with E-state index in [4.69, 9.17) is 0 Å². The molecule has 1 aliphatic carbocycles. The lowest BCUT2D eigenvalue weighted by molar-refractivity contribution is 0.0782. The number of hydrogen-bond donors (Lipinski definition) is 0. The number of nitrogens with zero attached hydrogens (tertiary/aromatic N) is 3. The largest absolute Gasteiger partial charge is 0.340 e. The zero-order chi connectivity index (χ0) is 10.8. The Morgan fingerprint density at radius 1 is 1.53 bits per heavy atom. The Bertz CT molecular complexity index is 374. The summed E-state index contributed by atoms with van der Waals surface area (Å²) in [6.45, 7) is 2.68. The molecule has 0 atom stereocenters. The van der Waals surface area contributed by atoms with E-state index in [1.807, 2.05) is 14.0 Å². The molecule has 0 bridgehead atoms. The van der Waals surface area contributed by atoms with E-state index in [-0.39, 0.29) is 5.91 Å². The predicted octanol–water partition coefficient (Wildman–Crippen LogP) is 1.27. The van der Waals surface area contributed by atoms with E-state index < -0.39 is 0 Å². The number of carbonyl (C=O) groups is 1. The van der Waals surface area contributed by atoms with E-state index in [0.29, 0.717) is 11.6 Å². The molecule has 1 aromatic heterocycles. The van der Waals surface area contributed by atoms with Crippen molar-refractivity contribution < 1.29 is 4.79 Å². The van der Waals surface area contributed by atoms with E-state index in [1.165, 1.54) is 19.0 Å². The standard InChI is InChI=1S/C11H15N3O/c1-8-5-12-6-10(13-8)11(15)14(2)7-9-3-4-9/h5-6,9H,3-4,7H2,1-2H3. The molecule has 1 aliphatic rings. The molecule has 0 aliphatic heterocycles. The molecule has 0 unspecified atom stereocenters. The Hall–Kier alpha value is -1.45. The van der Waals surface area contributed by atoms with Crippen LogP contribution in [-0.2, 0) is 0 Å². The Balaban J connectivity index is 2.05. The normalized spacial score (nSPS) is 15.1. The van der Waals surface area contributed by atoms with Crippen molar-refractivity contribution in [2.45, 2.75) is 19.8 Å². The van der Waals surface area contributed by atoms with Crippen LogP contribution in [0.3, 0.4) is 0 Å². The van der Waals surface area contributed by atoms with Gasteiger partial charge >= 0.3 is 0 Å². The van der Waals surface area contributed by atoms with Gasteiger partial charge in [0.2, 0.25) is 0 Å². The molecule has 0 spiro atoms. The summed E-state index contributed by atoms with van der Waals surface area (Å²) in [6, 6.07) is 0. The number of carbonyl (C=O) groups excluding carboxylic acids is 1. The van der Waals surface area contributed by atoms with Crippen LogP contribution in [0.1, 0.15) is 29.0 Å². The molecular formula is C11H15N3O. The summed E-state index contributed by atoms with van der Waals surface area (Å²) in [4.78, 5) is 21.8. The van der Waals surface area contributed by atoms with Gasteiger partial charge in [0.05, 0.1) is 11.9 Å². The highest BCUT2D eigenvalue weighted by Crippen LogP contribution is 2.29. The van der Waals surface area contributed by atoms with Crippen LogP contribution in [0.25, 0.3) is 0 Å². The third-order valence-electron chi connectivity index (χ3n) is 2.55. The molecule has 1 amide bonds. The fraction of sp³-hybridized carbons (Fsp3) is 0.545. The highest BCUT2D eigenvalue weighted by atomic mass is 16.2. The van der Waals surface area contributed by atoms with Crippen LogP contribution in [-0.4, -0.2) is 34.4 Å². The van der Waals surface area contributed by atoms with Crippen LogP contribution in [0.4, 0.5) is 0 Å². The van der Waals surface area contributed by atoms with Crippen LogP contribution >= 0.6 is 0 Å². The first-order chi connectivity index (χ1) is 7.16. The van der Waals surface area contributed by atoms with Crippen molar-refractivity contribution in [2.75, 3.05) is 13.6 Å².